The van der Waals surface area contributed by atoms with Crippen LogP contribution in [0.3, 0.4) is 0 Å². The average Bonchev–Trinajstić information content (AvgIpc) is 2.78. The molecule has 0 saturated heterocycles. The Bertz CT molecular complexity index is 1120. The van der Waals surface area contributed by atoms with Crippen LogP contribution in [0, 0.1) is 0 Å². The topological polar surface area (TPSA) is 93.2 Å². The van der Waals surface area contributed by atoms with E-state index in [0.717, 1.165) is 0 Å². The van der Waals surface area contributed by atoms with Gasteiger partial charge in [0.2, 0.25) is 5.75 Å². The third kappa shape index (κ3) is 4.70. The second-order valence-electron chi connectivity index (χ2n) is 6.44. The zero-order valence-electron chi connectivity index (χ0n) is 18.4. The van der Waals surface area contributed by atoms with Gasteiger partial charge in [0.25, 0.3) is 0 Å². The van der Waals surface area contributed by atoms with Crippen LogP contribution in [-0.2, 0) is 4.79 Å². The summed E-state index contributed by atoms with van der Waals surface area (Å²) in [5.41, 5.74) is 0.648. The van der Waals surface area contributed by atoms with Crippen molar-refractivity contribution in [2.75, 3.05) is 27.9 Å². The van der Waals surface area contributed by atoms with Gasteiger partial charge in [-0.05, 0) is 36.6 Å². The molecule has 0 unspecified atom stereocenters. The number of rotatable bonds is 8. The van der Waals surface area contributed by atoms with E-state index in [4.69, 9.17) is 23.7 Å². The Morgan fingerprint density at radius 2 is 1.53 bits per heavy atom. The number of ether oxygens (including phenoxy) is 5. The first-order chi connectivity index (χ1) is 14.9. The quantitative estimate of drug-likeness (QED) is 0.279. The van der Waals surface area contributed by atoms with E-state index in [9.17, 15) is 9.59 Å². The molecule has 0 atom stereocenters. The molecule has 0 amide bonds. The maximum Gasteiger partial charge on any atom is 0.308 e. The fourth-order valence-corrected chi connectivity index (χ4v) is 3.27. The second kappa shape index (κ2) is 10.7. The molecule has 0 bridgehead atoms. The number of methoxy groups -OCH3 is 3. The first kappa shape index (κ1) is 24.7. The summed E-state index contributed by atoms with van der Waals surface area (Å²) < 4.78 is 27.0. The van der Waals surface area contributed by atoms with Crippen LogP contribution >= 0.6 is 12.4 Å². The summed E-state index contributed by atoms with van der Waals surface area (Å²) >= 11 is 0. The third-order valence-corrected chi connectivity index (χ3v) is 4.57. The number of benzene rings is 2. The summed E-state index contributed by atoms with van der Waals surface area (Å²) in [4.78, 5) is 29.3. The molecule has 0 radical (unpaired) electrons. The monoisotopic (exact) mass is 461 g/mol. The van der Waals surface area contributed by atoms with E-state index >= 15 is 0 Å². The Morgan fingerprint density at radius 3 is 2.06 bits per heavy atom. The molecule has 0 fully saturated rings. The average molecular weight is 462 g/mol. The molecule has 0 aliphatic rings. The van der Waals surface area contributed by atoms with Crippen LogP contribution in [0.5, 0.6) is 28.7 Å². The molecule has 3 aromatic rings. The van der Waals surface area contributed by atoms with Crippen molar-refractivity contribution in [1.29, 1.82) is 0 Å². The number of pyridine rings is 1. The lowest BCUT2D eigenvalue weighted by Crippen LogP contribution is -2.08. The molecule has 1 heterocycles. The van der Waals surface area contributed by atoms with Gasteiger partial charge in [-0.15, -0.1) is 12.4 Å². The molecule has 0 saturated carbocycles. The summed E-state index contributed by atoms with van der Waals surface area (Å²) in [6, 6.07) is 6.55. The van der Waals surface area contributed by atoms with Gasteiger partial charge in [0.05, 0.1) is 27.9 Å². The molecule has 2 aromatic carbocycles. The molecular formula is C23H24ClNO7. The summed E-state index contributed by atoms with van der Waals surface area (Å²) in [7, 11) is 4.44. The number of hydrogen-bond acceptors (Lipinski definition) is 8. The van der Waals surface area contributed by atoms with Gasteiger partial charge in [-0.3, -0.25) is 14.6 Å². The summed E-state index contributed by atoms with van der Waals surface area (Å²) in [6.07, 6.45) is 2.99. The highest BCUT2D eigenvalue weighted by Gasteiger charge is 2.22. The number of fused-ring (bicyclic) bond motifs is 1. The second-order valence-corrected chi connectivity index (χ2v) is 6.44. The van der Waals surface area contributed by atoms with Crippen molar-refractivity contribution in [3.05, 3.63) is 47.8 Å². The van der Waals surface area contributed by atoms with Crippen LogP contribution in [0.15, 0.2) is 36.7 Å². The van der Waals surface area contributed by atoms with E-state index in [1.807, 2.05) is 6.92 Å². The Kier molecular flexibility index (Phi) is 8.26. The van der Waals surface area contributed by atoms with Gasteiger partial charge in [-0.25, -0.2) is 0 Å². The van der Waals surface area contributed by atoms with Gasteiger partial charge in [-0.2, -0.15) is 0 Å². The Labute approximate surface area is 191 Å². The standard InChI is InChI=1S/C23H23NO7.ClH/c1-6-30-18-8-7-15-16(11-24-12-17(15)22(18)31-13(2)25)21(26)14-9-19(27-3)23(29-5)20(10-14)28-4;/h7-12H,6H2,1-5H3;1H. The van der Waals surface area contributed by atoms with Gasteiger partial charge in [0, 0.05) is 35.8 Å². The van der Waals surface area contributed by atoms with Crippen molar-refractivity contribution in [2.24, 2.45) is 0 Å². The molecule has 9 heteroatoms. The smallest absolute Gasteiger partial charge is 0.308 e. The van der Waals surface area contributed by atoms with Gasteiger partial charge in [0.15, 0.2) is 28.8 Å². The number of halogens is 1. The maximum atomic E-state index is 13.4. The van der Waals surface area contributed by atoms with Crippen LogP contribution < -0.4 is 23.7 Å². The molecule has 1 aromatic heterocycles. The highest BCUT2D eigenvalue weighted by molar-refractivity contribution is 6.17. The van der Waals surface area contributed by atoms with Crippen molar-refractivity contribution < 1.29 is 33.3 Å². The van der Waals surface area contributed by atoms with E-state index in [1.54, 1.807) is 24.3 Å². The number of carbonyl (C=O) groups excluding carboxylic acids is 2. The zero-order valence-corrected chi connectivity index (χ0v) is 19.2. The van der Waals surface area contributed by atoms with E-state index in [2.05, 4.69) is 4.98 Å². The van der Waals surface area contributed by atoms with Crippen molar-refractivity contribution in [3.8, 4) is 28.7 Å². The first-order valence-corrected chi connectivity index (χ1v) is 9.51. The van der Waals surface area contributed by atoms with E-state index in [1.165, 1.54) is 40.6 Å². The summed E-state index contributed by atoms with van der Waals surface area (Å²) in [5.74, 6) is 0.903. The molecule has 0 N–H and O–H groups in total. The molecule has 8 nitrogen and oxygen atoms in total. The van der Waals surface area contributed by atoms with Crippen LogP contribution in [0.25, 0.3) is 10.8 Å². The molecule has 3 rings (SSSR count). The van der Waals surface area contributed by atoms with Crippen LogP contribution in [-0.4, -0.2) is 44.7 Å². The third-order valence-electron chi connectivity index (χ3n) is 4.57. The lowest BCUT2D eigenvalue weighted by atomic mass is 9.98. The fraction of sp³-hybridized carbons (Fsp3) is 0.261. The predicted octanol–water partition coefficient (Wildman–Crippen LogP) is 4.24. The predicted molar refractivity (Wildman–Crippen MR) is 121 cm³/mol. The SMILES string of the molecule is CCOc1ccc2c(C(=O)c3cc(OC)c(OC)c(OC)c3)cncc2c1OC(C)=O.Cl. The van der Waals surface area contributed by atoms with Crippen molar-refractivity contribution in [3.63, 3.8) is 0 Å². The Balaban J connectivity index is 0.00000363. The minimum absolute atomic E-state index is 0. The number of nitrogens with zero attached hydrogens (tertiary/aromatic N) is 1. The maximum absolute atomic E-state index is 13.4. The highest BCUT2D eigenvalue weighted by atomic mass is 35.5. The van der Waals surface area contributed by atoms with Crippen LogP contribution in [0.4, 0.5) is 0 Å². The van der Waals surface area contributed by atoms with Crippen molar-refractivity contribution in [2.45, 2.75) is 13.8 Å². The van der Waals surface area contributed by atoms with E-state index in [0.29, 0.717) is 51.5 Å². The number of ketones is 1. The highest BCUT2D eigenvalue weighted by Crippen LogP contribution is 2.40. The lowest BCUT2D eigenvalue weighted by molar-refractivity contribution is -0.131. The molecule has 170 valence electrons. The molecular weight excluding hydrogens is 438 g/mol. The number of carbonyl (C=O) groups is 2. The molecule has 0 spiro atoms. The fourth-order valence-electron chi connectivity index (χ4n) is 3.27. The minimum atomic E-state index is -0.505. The Hall–Kier alpha value is -3.52. The lowest BCUT2D eigenvalue weighted by Gasteiger charge is -2.15. The normalized spacial score (nSPS) is 10.2. The molecule has 0 aliphatic heterocycles. The zero-order chi connectivity index (χ0) is 22.5. The van der Waals surface area contributed by atoms with E-state index in [-0.39, 0.29) is 23.9 Å². The van der Waals surface area contributed by atoms with Crippen molar-refractivity contribution >= 4 is 34.9 Å². The van der Waals surface area contributed by atoms with Gasteiger partial charge >= 0.3 is 5.97 Å². The van der Waals surface area contributed by atoms with Gasteiger partial charge in [0.1, 0.15) is 0 Å². The number of hydrogen-bond donors (Lipinski definition) is 0. The number of esters is 1. The summed E-state index contributed by atoms with van der Waals surface area (Å²) in [6.45, 7) is 3.51. The number of aromatic nitrogens is 1. The molecule has 0 aliphatic carbocycles. The first-order valence-electron chi connectivity index (χ1n) is 9.51. The van der Waals surface area contributed by atoms with Crippen LogP contribution in [0.2, 0.25) is 0 Å². The van der Waals surface area contributed by atoms with Gasteiger partial charge in [-0.1, -0.05) is 0 Å². The molecule has 32 heavy (non-hydrogen) atoms. The van der Waals surface area contributed by atoms with E-state index < -0.39 is 5.97 Å². The van der Waals surface area contributed by atoms with Gasteiger partial charge < -0.3 is 23.7 Å². The summed E-state index contributed by atoms with van der Waals surface area (Å²) in [5, 5.41) is 1.05. The van der Waals surface area contributed by atoms with Crippen molar-refractivity contribution in [1.82, 2.24) is 4.98 Å². The Morgan fingerprint density at radius 1 is 0.875 bits per heavy atom. The van der Waals surface area contributed by atoms with Crippen LogP contribution in [0.1, 0.15) is 29.8 Å². The largest absolute Gasteiger partial charge is 0.493 e. The minimum Gasteiger partial charge on any atom is -0.493 e.